The molecule has 19 heavy (non-hydrogen) atoms. The van der Waals surface area contributed by atoms with Crippen molar-refractivity contribution in [2.24, 2.45) is 0 Å². The van der Waals surface area contributed by atoms with Gasteiger partial charge in [0.2, 0.25) is 17.6 Å². The summed E-state index contributed by atoms with van der Waals surface area (Å²) in [6.45, 7) is 3.42. The first kappa shape index (κ1) is 11.6. The van der Waals surface area contributed by atoms with Gasteiger partial charge in [-0.25, -0.2) is 0 Å². The topological polar surface area (TPSA) is 68.0 Å². The van der Waals surface area contributed by atoms with Crippen LogP contribution in [-0.2, 0) is 4.79 Å². The Bertz CT molecular complexity index is 629. The van der Waals surface area contributed by atoms with E-state index in [1.165, 1.54) is 6.08 Å². The van der Waals surface area contributed by atoms with Crippen LogP contribution in [0.1, 0.15) is 24.7 Å². The van der Waals surface area contributed by atoms with Gasteiger partial charge in [0.15, 0.2) is 0 Å². The lowest BCUT2D eigenvalue weighted by atomic mass is 10.2. The van der Waals surface area contributed by atoms with Crippen LogP contribution in [0.3, 0.4) is 0 Å². The Morgan fingerprint density at radius 1 is 1.47 bits per heavy atom. The molecule has 1 aliphatic carbocycles. The van der Waals surface area contributed by atoms with Crippen LogP contribution >= 0.6 is 0 Å². The number of aromatic nitrogens is 2. The fourth-order valence-corrected chi connectivity index (χ4v) is 1.78. The van der Waals surface area contributed by atoms with Gasteiger partial charge in [0.1, 0.15) is 0 Å². The van der Waals surface area contributed by atoms with Crippen LogP contribution in [-0.4, -0.2) is 16.0 Å². The molecule has 1 fully saturated rings. The molecular weight excluding hydrogens is 242 g/mol. The molecule has 5 heteroatoms. The first-order valence-corrected chi connectivity index (χ1v) is 6.14. The van der Waals surface area contributed by atoms with Crippen molar-refractivity contribution in [2.75, 3.05) is 5.32 Å². The number of anilines is 1. The van der Waals surface area contributed by atoms with Gasteiger partial charge in [0.25, 0.3) is 0 Å². The fourth-order valence-electron chi connectivity index (χ4n) is 1.78. The van der Waals surface area contributed by atoms with Crippen LogP contribution in [0.15, 0.2) is 41.4 Å². The quantitative estimate of drug-likeness (QED) is 0.853. The number of nitrogens with one attached hydrogen (secondary N) is 1. The number of nitrogens with zero attached hydrogens (tertiary/aromatic N) is 2. The lowest BCUT2D eigenvalue weighted by molar-refractivity contribution is -0.111. The maximum absolute atomic E-state index is 11.3. The lowest BCUT2D eigenvalue weighted by Crippen LogP contribution is -2.07. The van der Waals surface area contributed by atoms with Crippen LogP contribution in [0, 0.1) is 0 Å². The Morgan fingerprint density at radius 3 is 3.05 bits per heavy atom. The molecule has 0 unspecified atom stereocenters. The van der Waals surface area contributed by atoms with Gasteiger partial charge in [-0.3, -0.25) is 4.79 Å². The molecule has 96 valence electrons. The smallest absolute Gasteiger partial charge is 0.247 e. The van der Waals surface area contributed by atoms with Gasteiger partial charge in [-0.2, -0.15) is 4.98 Å². The van der Waals surface area contributed by atoms with Gasteiger partial charge in [0.05, 0.1) is 0 Å². The highest BCUT2D eigenvalue weighted by atomic mass is 16.5. The molecule has 0 aliphatic heterocycles. The summed E-state index contributed by atoms with van der Waals surface area (Å²) in [6.07, 6.45) is 3.47. The van der Waals surface area contributed by atoms with E-state index >= 15 is 0 Å². The second-order valence-corrected chi connectivity index (χ2v) is 4.50. The second kappa shape index (κ2) is 4.68. The lowest BCUT2D eigenvalue weighted by Gasteiger charge is -2.02. The molecule has 1 heterocycles. The molecule has 0 radical (unpaired) electrons. The standard InChI is InChI=1S/C14H13N3O2/c1-2-12(18)15-11-5-3-4-10(8-11)13-16-14(19-17-13)9-6-7-9/h2-5,8-9H,1,6-7H2,(H,15,18). The first-order chi connectivity index (χ1) is 9.26. The largest absolute Gasteiger partial charge is 0.339 e. The summed E-state index contributed by atoms with van der Waals surface area (Å²) in [6, 6.07) is 7.32. The van der Waals surface area contributed by atoms with Crippen molar-refractivity contribution in [2.45, 2.75) is 18.8 Å². The molecule has 1 N–H and O–H groups in total. The molecule has 5 nitrogen and oxygen atoms in total. The fraction of sp³-hybridized carbons (Fsp3) is 0.214. The summed E-state index contributed by atoms with van der Waals surface area (Å²) in [5.41, 5.74) is 1.50. The van der Waals surface area contributed by atoms with E-state index in [1.54, 1.807) is 6.07 Å². The SMILES string of the molecule is C=CC(=O)Nc1cccc(-c2noc(C3CC3)n2)c1. The predicted molar refractivity (Wildman–Crippen MR) is 70.5 cm³/mol. The van der Waals surface area contributed by atoms with E-state index in [2.05, 4.69) is 22.0 Å². The molecule has 1 aromatic carbocycles. The van der Waals surface area contributed by atoms with E-state index < -0.39 is 0 Å². The number of carbonyl (C=O) groups is 1. The van der Waals surface area contributed by atoms with E-state index in [4.69, 9.17) is 4.52 Å². The summed E-state index contributed by atoms with van der Waals surface area (Å²) < 4.78 is 5.22. The molecule has 1 aliphatic rings. The predicted octanol–water partition coefficient (Wildman–Crippen LogP) is 2.74. The zero-order valence-corrected chi connectivity index (χ0v) is 10.3. The molecule has 0 bridgehead atoms. The van der Waals surface area contributed by atoms with Gasteiger partial charge in [0, 0.05) is 17.2 Å². The minimum Gasteiger partial charge on any atom is -0.339 e. The monoisotopic (exact) mass is 255 g/mol. The average Bonchev–Trinajstić information content (AvgIpc) is 3.16. The Labute approximate surface area is 110 Å². The molecule has 1 aromatic heterocycles. The van der Waals surface area contributed by atoms with Crippen molar-refractivity contribution in [3.8, 4) is 11.4 Å². The average molecular weight is 255 g/mol. The number of rotatable bonds is 4. The van der Waals surface area contributed by atoms with Crippen LogP contribution in [0.4, 0.5) is 5.69 Å². The first-order valence-electron chi connectivity index (χ1n) is 6.14. The van der Waals surface area contributed by atoms with Crippen molar-refractivity contribution in [3.63, 3.8) is 0 Å². The second-order valence-electron chi connectivity index (χ2n) is 4.50. The summed E-state index contributed by atoms with van der Waals surface area (Å²) in [5, 5.41) is 6.67. The van der Waals surface area contributed by atoms with Crippen molar-refractivity contribution < 1.29 is 9.32 Å². The summed E-state index contributed by atoms with van der Waals surface area (Å²) in [4.78, 5) is 15.6. The Morgan fingerprint density at radius 2 is 2.32 bits per heavy atom. The number of hydrogen-bond acceptors (Lipinski definition) is 4. The summed E-state index contributed by atoms with van der Waals surface area (Å²) >= 11 is 0. The highest BCUT2D eigenvalue weighted by Gasteiger charge is 2.29. The maximum atomic E-state index is 11.3. The van der Waals surface area contributed by atoms with Crippen molar-refractivity contribution in [1.29, 1.82) is 0 Å². The van der Waals surface area contributed by atoms with Gasteiger partial charge in [-0.15, -0.1) is 0 Å². The third kappa shape index (κ3) is 2.54. The highest BCUT2D eigenvalue weighted by Crippen LogP contribution is 2.39. The maximum Gasteiger partial charge on any atom is 0.247 e. The molecule has 1 amide bonds. The van der Waals surface area contributed by atoms with Crippen molar-refractivity contribution in [1.82, 2.24) is 10.1 Å². The zero-order chi connectivity index (χ0) is 13.2. The van der Waals surface area contributed by atoms with E-state index in [-0.39, 0.29) is 5.91 Å². The third-order valence-corrected chi connectivity index (χ3v) is 2.94. The number of amides is 1. The van der Waals surface area contributed by atoms with Gasteiger partial charge < -0.3 is 9.84 Å². The van der Waals surface area contributed by atoms with E-state index in [0.717, 1.165) is 18.4 Å². The van der Waals surface area contributed by atoms with Gasteiger partial charge in [-0.05, 0) is 31.1 Å². The minimum atomic E-state index is -0.246. The molecule has 0 saturated heterocycles. The Hall–Kier alpha value is -2.43. The minimum absolute atomic E-state index is 0.246. The molecule has 3 rings (SSSR count). The van der Waals surface area contributed by atoms with E-state index in [1.807, 2.05) is 18.2 Å². The zero-order valence-electron chi connectivity index (χ0n) is 10.3. The highest BCUT2D eigenvalue weighted by molar-refractivity contribution is 5.99. The summed E-state index contributed by atoms with van der Waals surface area (Å²) in [5.74, 6) is 1.45. The molecule has 0 atom stereocenters. The molecule has 0 spiro atoms. The van der Waals surface area contributed by atoms with E-state index in [0.29, 0.717) is 23.3 Å². The van der Waals surface area contributed by atoms with Crippen LogP contribution in [0.5, 0.6) is 0 Å². The molecular formula is C14H13N3O2. The molecule has 1 saturated carbocycles. The van der Waals surface area contributed by atoms with Crippen molar-refractivity contribution in [3.05, 3.63) is 42.8 Å². The Balaban J connectivity index is 1.84. The van der Waals surface area contributed by atoms with Gasteiger partial charge in [-0.1, -0.05) is 23.9 Å². The number of hydrogen-bond donors (Lipinski definition) is 1. The van der Waals surface area contributed by atoms with Crippen molar-refractivity contribution >= 4 is 11.6 Å². The normalized spacial score (nSPS) is 14.1. The summed E-state index contributed by atoms with van der Waals surface area (Å²) in [7, 11) is 0. The van der Waals surface area contributed by atoms with Crippen LogP contribution < -0.4 is 5.32 Å². The Kier molecular flexibility index (Phi) is 2.87. The van der Waals surface area contributed by atoms with Gasteiger partial charge >= 0.3 is 0 Å². The molecule has 2 aromatic rings. The third-order valence-electron chi connectivity index (χ3n) is 2.94. The van der Waals surface area contributed by atoms with Crippen LogP contribution in [0.2, 0.25) is 0 Å². The number of benzene rings is 1. The number of carbonyl (C=O) groups excluding carboxylic acids is 1. The van der Waals surface area contributed by atoms with E-state index in [9.17, 15) is 4.79 Å². The van der Waals surface area contributed by atoms with Crippen LogP contribution in [0.25, 0.3) is 11.4 Å².